The largest absolute Gasteiger partial charge is 0.493 e. The van der Waals surface area contributed by atoms with Gasteiger partial charge in [-0.1, -0.05) is 30.3 Å². The highest BCUT2D eigenvalue weighted by Crippen LogP contribution is 2.16. The fraction of sp³-hybridized carbons (Fsp3) is 0.0833. The molecular formula is C12H10N2O4. The number of esters is 1. The summed E-state index contributed by atoms with van der Waals surface area (Å²) in [4.78, 5) is 18.3. The van der Waals surface area contributed by atoms with Crippen molar-refractivity contribution in [3.05, 3.63) is 47.7 Å². The normalized spacial score (nSPS) is 10.0. The van der Waals surface area contributed by atoms with E-state index in [2.05, 4.69) is 9.97 Å². The molecule has 0 spiro atoms. The monoisotopic (exact) mass is 246 g/mol. The standard InChI is InChI=1S/C12H10N2O4/c15-10-9(6-13-12(17)14-10)11(16)18-7-8-4-2-1-3-5-8/h1-6H,7H2,(H2,13,14,15,17). The molecule has 6 heteroatoms. The van der Waals surface area contributed by atoms with Crippen molar-refractivity contribution in [3.8, 4) is 11.9 Å². The smallest absolute Gasteiger partial charge is 0.345 e. The quantitative estimate of drug-likeness (QED) is 0.791. The lowest BCUT2D eigenvalue weighted by Crippen LogP contribution is -2.06. The molecule has 2 rings (SSSR count). The highest BCUT2D eigenvalue weighted by molar-refractivity contribution is 5.91. The van der Waals surface area contributed by atoms with Crippen molar-refractivity contribution in [2.24, 2.45) is 0 Å². The van der Waals surface area contributed by atoms with E-state index in [1.54, 1.807) is 12.1 Å². The maximum absolute atomic E-state index is 11.6. The van der Waals surface area contributed by atoms with Gasteiger partial charge in [0.1, 0.15) is 12.2 Å². The zero-order chi connectivity index (χ0) is 13.0. The average Bonchev–Trinajstić information content (AvgIpc) is 2.37. The molecule has 1 aromatic carbocycles. The molecule has 1 heterocycles. The molecule has 0 aliphatic rings. The van der Waals surface area contributed by atoms with E-state index in [9.17, 15) is 9.90 Å². The van der Waals surface area contributed by atoms with Crippen molar-refractivity contribution < 1.29 is 19.7 Å². The average molecular weight is 246 g/mol. The Kier molecular flexibility index (Phi) is 3.38. The van der Waals surface area contributed by atoms with Crippen LogP contribution < -0.4 is 0 Å². The maximum atomic E-state index is 11.6. The van der Waals surface area contributed by atoms with E-state index >= 15 is 0 Å². The van der Waals surface area contributed by atoms with Gasteiger partial charge < -0.3 is 14.9 Å². The van der Waals surface area contributed by atoms with Crippen LogP contribution in [-0.2, 0) is 11.3 Å². The second-order valence-electron chi connectivity index (χ2n) is 3.47. The number of aromatic hydroxyl groups is 2. The minimum atomic E-state index is -0.753. The van der Waals surface area contributed by atoms with Crippen LogP contribution in [0, 0.1) is 0 Å². The molecule has 0 saturated carbocycles. The Bertz CT molecular complexity index is 557. The summed E-state index contributed by atoms with van der Waals surface area (Å²) in [5.41, 5.74) is 0.633. The van der Waals surface area contributed by atoms with Crippen LogP contribution in [0.3, 0.4) is 0 Å². The number of rotatable bonds is 3. The second kappa shape index (κ2) is 5.13. The Hall–Kier alpha value is -2.63. The van der Waals surface area contributed by atoms with E-state index in [-0.39, 0.29) is 12.2 Å². The summed E-state index contributed by atoms with van der Waals surface area (Å²) in [7, 11) is 0. The summed E-state index contributed by atoms with van der Waals surface area (Å²) in [5, 5.41) is 18.2. The van der Waals surface area contributed by atoms with Gasteiger partial charge in [0, 0.05) is 0 Å². The molecule has 0 radical (unpaired) electrons. The maximum Gasteiger partial charge on any atom is 0.345 e. The van der Waals surface area contributed by atoms with E-state index in [1.165, 1.54) is 0 Å². The summed E-state index contributed by atoms with van der Waals surface area (Å²) >= 11 is 0. The Morgan fingerprint density at radius 3 is 2.61 bits per heavy atom. The summed E-state index contributed by atoms with van der Waals surface area (Å²) in [6, 6.07) is 8.51. The lowest BCUT2D eigenvalue weighted by atomic mass is 10.2. The molecule has 92 valence electrons. The van der Waals surface area contributed by atoms with Gasteiger partial charge >= 0.3 is 12.0 Å². The number of ether oxygens (including phenoxy) is 1. The molecule has 0 atom stereocenters. The fourth-order valence-electron chi connectivity index (χ4n) is 1.31. The van der Waals surface area contributed by atoms with E-state index in [0.717, 1.165) is 11.8 Å². The minimum Gasteiger partial charge on any atom is -0.493 e. The van der Waals surface area contributed by atoms with Crippen molar-refractivity contribution in [1.82, 2.24) is 9.97 Å². The summed E-state index contributed by atoms with van der Waals surface area (Å²) < 4.78 is 4.97. The molecule has 0 aliphatic carbocycles. The lowest BCUT2D eigenvalue weighted by molar-refractivity contribution is 0.0467. The summed E-state index contributed by atoms with van der Waals surface area (Å²) in [6.07, 6.45) is 1.00. The van der Waals surface area contributed by atoms with Gasteiger partial charge in [-0.15, -0.1) is 0 Å². The van der Waals surface area contributed by atoms with Crippen LogP contribution in [0.5, 0.6) is 11.9 Å². The second-order valence-corrected chi connectivity index (χ2v) is 3.47. The molecule has 2 aromatic rings. The fourth-order valence-corrected chi connectivity index (χ4v) is 1.31. The molecule has 18 heavy (non-hydrogen) atoms. The first-order chi connectivity index (χ1) is 8.66. The molecule has 6 nitrogen and oxygen atoms in total. The van der Waals surface area contributed by atoms with Crippen molar-refractivity contribution in [2.45, 2.75) is 6.61 Å². The Balaban J connectivity index is 2.04. The zero-order valence-corrected chi connectivity index (χ0v) is 9.28. The number of carbonyl (C=O) groups is 1. The van der Waals surface area contributed by atoms with Crippen molar-refractivity contribution in [1.29, 1.82) is 0 Å². The number of nitrogens with zero attached hydrogens (tertiary/aromatic N) is 2. The predicted octanol–water partition coefficient (Wildman–Crippen LogP) is 1.24. The molecule has 0 unspecified atom stereocenters. The molecular weight excluding hydrogens is 236 g/mol. The van der Waals surface area contributed by atoms with Crippen LogP contribution in [0.4, 0.5) is 0 Å². The van der Waals surface area contributed by atoms with Crippen molar-refractivity contribution in [2.75, 3.05) is 0 Å². The third-order valence-corrected chi connectivity index (χ3v) is 2.19. The van der Waals surface area contributed by atoms with Crippen LogP contribution in [0.2, 0.25) is 0 Å². The van der Waals surface area contributed by atoms with E-state index in [1.807, 2.05) is 18.2 Å². The van der Waals surface area contributed by atoms with Crippen LogP contribution in [0.15, 0.2) is 36.5 Å². The molecule has 2 N–H and O–H groups in total. The Labute approximate surface area is 103 Å². The minimum absolute atomic E-state index is 0.0833. The lowest BCUT2D eigenvalue weighted by Gasteiger charge is -2.05. The molecule has 0 fully saturated rings. The van der Waals surface area contributed by atoms with Crippen LogP contribution in [0.1, 0.15) is 15.9 Å². The molecule has 0 aliphatic heterocycles. The molecule has 0 bridgehead atoms. The van der Waals surface area contributed by atoms with Crippen molar-refractivity contribution >= 4 is 5.97 Å². The third kappa shape index (κ3) is 2.73. The van der Waals surface area contributed by atoms with Gasteiger partial charge in [0.2, 0.25) is 5.88 Å². The number of carbonyl (C=O) groups excluding carboxylic acids is 1. The molecule has 1 aromatic heterocycles. The van der Waals surface area contributed by atoms with Crippen LogP contribution in [0.25, 0.3) is 0 Å². The van der Waals surface area contributed by atoms with Gasteiger partial charge in [0.25, 0.3) is 0 Å². The van der Waals surface area contributed by atoms with E-state index in [4.69, 9.17) is 9.84 Å². The Morgan fingerprint density at radius 1 is 1.22 bits per heavy atom. The van der Waals surface area contributed by atoms with Crippen LogP contribution in [-0.4, -0.2) is 26.2 Å². The number of hydrogen-bond acceptors (Lipinski definition) is 6. The Morgan fingerprint density at radius 2 is 1.94 bits per heavy atom. The van der Waals surface area contributed by atoms with Crippen molar-refractivity contribution in [3.63, 3.8) is 0 Å². The van der Waals surface area contributed by atoms with Gasteiger partial charge in [0.15, 0.2) is 0 Å². The van der Waals surface area contributed by atoms with E-state index in [0.29, 0.717) is 0 Å². The highest BCUT2D eigenvalue weighted by Gasteiger charge is 2.15. The van der Waals surface area contributed by atoms with Crippen LogP contribution >= 0.6 is 0 Å². The van der Waals surface area contributed by atoms with Gasteiger partial charge in [-0.2, -0.15) is 4.98 Å². The number of benzene rings is 1. The first-order valence-corrected chi connectivity index (χ1v) is 5.13. The number of aromatic nitrogens is 2. The van der Waals surface area contributed by atoms with Gasteiger partial charge in [-0.3, -0.25) is 0 Å². The topological polar surface area (TPSA) is 92.5 Å². The zero-order valence-electron chi connectivity index (χ0n) is 9.28. The highest BCUT2D eigenvalue weighted by atomic mass is 16.5. The first kappa shape index (κ1) is 11.8. The number of hydrogen-bond donors (Lipinski definition) is 2. The predicted molar refractivity (Wildman–Crippen MR) is 60.9 cm³/mol. The molecule has 0 amide bonds. The van der Waals surface area contributed by atoms with Gasteiger partial charge in [-0.25, -0.2) is 9.78 Å². The van der Waals surface area contributed by atoms with E-state index < -0.39 is 17.9 Å². The summed E-state index contributed by atoms with van der Waals surface area (Å²) in [5.74, 6) is -1.36. The summed E-state index contributed by atoms with van der Waals surface area (Å²) in [6.45, 7) is 0.0833. The van der Waals surface area contributed by atoms with Gasteiger partial charge in [-0.05, 0) is 5.56 Å². The first-order valence-electron chi connectivity index (χ1n) is 5.13. The SMILES string of the molecule is O=C(OCc1ccccc1)c1cnc(O)nc1O. The van der Waals surface area contributed by atoms with Gasteiger partial charge in [0.05, 0.1) is 6.20 Å². The third-order valence-electron chi connectivity index (χ3n) is 2.19. The molecule has 0 saturated heterocycles.